The number of primary amides is 1. The molecule has 1 aromatic rings. The van der Waals surface area contributed by atoms with Gasteiger partial charge in [-0.25, -0.2) is 0 Å². The molecule has 0 aromatic heterocycles. The molecule has 0 radical (unpaired) electrons. The van der Waals surface area contributed by atoms with Gasteiger partial charge in [-0.05, 0) is 25.0 Å². The molecular weight excluding hydrogens is 233 g/mol. The second-order valence-corrected chi connectivity index (χ2v) is 6.76. The number of benzene rings is 1. The Morgan fingerprint density at radius 1 is 1.12 bits per heavy atom. The van der Waals surface area contributed by atoms with Gasteiger partial charge in [0.05, 0.1) is 0 Å². The summed E-state index contributed by atoms with van der Waals surface area (Å²) in [6.07, 6.45) is 5.82. The summed E-state index contributed by atoms with van der Waals surface area (Å²) < 4.78 is 12.3. The van der Waals surface area contributed by atoms with E-state index in [-0.39, 0.29) is 0 Å². The summed E-state index contributed by atoms with van der Waals surface area (Å²) in [6, 6.07) is 6.91. The van der Waals surface area contributed by atoms with Crippen LogP contribution in [0.2, 0.25) is 0 Å². The maximum atomic E-state index is 12.3. The van der Waals surface area contributed by atoms with Crippen LogP contribution in [0, 0.1) is 0 Å². The Morgan fingerprint density at radius 2 is 1.71 bits per heavy atom. The molecule has 1 unspecified atom stereocenters. The molecule has 3 nitrogen and oxygen atoms in total. The third-order valence-electron chi connectivity index (χ3n) is 3.43. The lowest BCUT2D eigenvalue weighted by atomic mass is 10.0. The molecule has 0 heterocycles. The van der Waals surface area contributed by atoms with Gasteiger partial charge in [0.1, 0.15) is 7.80 Å². The summed E-state index contributed by atoms with van der Waals surface area (Å²) in [5, 5.41) is 0.881. The van der Waals surface area contributed by atoms with Crippen molar-refractivity contribution >= 4 is 19.0 Å². The third-order valence-corrected chi connectivity index (χ3v) is 5.65. The number of carbonyl (C=O) groups excluding carboxylic acids is 1. The monoisotopic (exact) mass is 251 g/mol. The van der Waals surface area contributed by atoms with Crippen LogP contribution in [0.5, 0.6) is 0 Å². The fraction of sp³-hybridized carbons (Fsp3) is 0.462. The SMILES string of the molecule is NC(=O)c1ccc([PH](=O)C2CCCCC2)cc1. The minimum atomic E-state index is -1.71. The van der Waals surface area contributed by atoms with Crippen molar-refractivity contribution in [3.63, 3.8) is 0 Å². The Bertz CT molecular complexity index is 422. The van der Waals surface area contributed by atoms with E-state index < -0.39 is 13.7 Å². The fourth-order valence-electron chi connectivity index (χ4n) is 2.40. The molecule has 2 rings (SSSR count). The quantitative estimate of drug-likeness (QED) is 0.838. The number of hydrogen-bond donors (Lipinski definition) is 1. The molecule has 1 fully saturated rings. The van der Waals surface area contributed by atoms with E-state index in [0.717, 1.165) is 18.1 Å². The first kappa shape index (κ1) is 12.4. The average molecular weight is 251 g/mol. The van der Waals surface area contributed by atoms with E-state index in [1.54, 1.807) is 24.3 Å². The maximum Gasteiger partial charge on any atom is 0.248 e. The van der Waals surface area contributed by atoms with Gasteiger partial charge in [0.25, 0.3) is 0 Å². The molecule has 2 N–H and O–H groups in total. The molecule has 1 atom stereocenters. The zero-order valence-electron chi connectivity index (χ0n) is 9.82. The van der Waals surface area contributed by atoms with Crippen LogP contribution >= 0.6 is 7.80 Å². The summed E-state index contributed by atoms with van der Waals surface area (Å²) in [4.78, 5) is 10.9. The Balaban J connectivity index is 2.10. The fourth-order valence-corrected chi connectivity index (χ4v) is 4.30. The first-order valence-corrected chi connectivity index (χ1v) is 7.61. The summed E-state index contributed by atoms with van der Waals surface area (Å²) in [5.74, 6) is -0.436. The van der Waals surface area contributed by atoms with E-state index in [2.05, 4.69) is 0 Å². The number of hydrogen-bond acceptors (Lipinski definition) is 2. The molecule has 4 heteroatoms. The van der Waals surface area contributed by atoms with Crippen molar-refractivity contribution in [3.05, 3.63) is 29.8 Å². The van der Waals surface area contributed by atoms with Gasteiger partial charge in [0.2, 0.25) is 5.91 Å². The normalized spacial score (nSPS) is 18.8. The summed E-state index contributed by atoms with van der Waals surface area (Å²) in [5.41, 5.74) is 6.01. The lowest BCUT2D eigenvalue weighted by Gasteiger charge is -2.21. The van der Waals surface area contributed by atoms with Gasteiger partial charge in [0, 0.05) is 16.5 Å². The molecule has 0 aliphatic heterocycles. The molecule has 92 valence electrons. The predicted octanol–water partition coefficient (Wildman–Crippen LogP) is 2.30. The number of nitrogens with two attached hydrogens (primary N) is 1. The summed E-state index contributed by atoms with van der Waals surface area (Å²) in [7, 11) is -1.71. The molecule has 17 heavy (non-hydrogen) atoms. The number of amides is 1. The minimum absolute atomic E-state index is 0.355. The predicted molar refractivity (Wildman–Crippen MR) is 70.5 cm³/mol. The number of rotatable bonds is 3. The van der Waals surface area contributed by atoms with Crippen LogP contribution in [0.1, 0.15) is 42.5 Å². The van der Waals surface area contributed by atoms with Gasteiger partial charge in [-0.2, -0.15) is 0 Å². The number of carbonyl (C=O) groups is 1. The molecule has 1 saturated carbocycles. The van der Waals surface area contributed by atoms with E-state index in [0.29, 0.717) is 11.2 Å². The maximum absolute atomic E-state index is 12.3. The van der Waals surface area contributed by atoms with Crippen molar-refractivity contribution in [2.24, 2.45) is 5.73 Å². The first-order valence-electron chi connectivity index (χ1n) is 6.12. The van der Waals surface area contributed by atoms with E-state index in [4.69, 9.17) is 5.73 Å². The Morgan fingerprint density at radius 3 is 2.24 bits per heavy atom. The molecular formula is C13H18NO2P. The molecule has 1 aliphatic rings. The van der Waals surface area contributed by atoms with Crippen LogP contribution in [0.15, 0.2) is 24.3 Å². The van der Waals surface area contributed by atoms with Gasteiger partial charge < -0.3 is 10.3 Å². The highest BCUT2D eigenvalue weighted by molar-refractivity contribution is 7.54. The lowest BCUT2D eigenvalue weighted by Crippen LogP contribution is -2.15. The Labute approximate surface area is 102 Å². The van der Waals surface area contributed by atoms with Crippen LogP contribution in [0.3, 0.4) is 0 Å². The molecule has 0 saturated heterocycles. The standard InChI is InChI=1S/C13H18NO2P/c14-13(15)10-6-8-12(9-7-10)17(16)11-4-2-1-3-5-11/h6-9,11,17H,1-5H2,(H2,14,15). The van der Waals surface area contributed by atoms with Crippen LogP contribution < -0.4 is 11.0 Å². The van der Waals surface area contributed by atoms with E-state index in [1.807, 2.05) is 0 Å². The highest BCUT2D eigenvalue weighted by Crippen LogP contribution is 2.37. The molecule has 1 aromatic carbocycles. The Kier molecular flexibility index (Phi) is 4.01. The molecule has 1 amide bonds. The van der Waals surface area contributed by atoms with Crippen LogP contribution in [0.25, 0.3) is 0 Å². The van der Waals surface area contributed by atoms with Crippen LogP contribution in [-0.2, 0) is 4.57 Å². The second-order valence-electron chi connectivity index (χ2n) is 4.64. The van der Waals surface area contributed by atoms with Crippen molar-refractivity contribution in [3.8, 4) is 0 Å². The first-order chi connectivity index (χ1) is 8.18. The van der Waals surface area contributed by atoms with E-state index in [1.165, 1.54) is 19.3 Å². The van der Waals surface area contributed by atoms with Gasteiger partial charge in [-0.1, -0.05) is 31.4 Å². The molecule has 0 bridgehead atoms. The zero-order chi connectivity index (χ0) is 12.3. The molecule has 1 aliphatic carbocycles. The van der Waals surface area contributed by atoms with Crippen molar-refractivity contribution < 1.29 is 9.36 Å². The summed E-state index contributed by atoms with van der Waals surface area (Å²) >= 11 is 0. The van der Waals surface area contributed by atoms with Crippen molar-refractivity contribution in [1.29, 1.82) is 0 Å². The largest absolute Gasteiger partial charge is 0.366 e. The smallest absolute Gasteiger partial charge is 0.248 e. The lowest BCUT2D eigenvalue weighted by molar-refractivity contribution is 0.100. The summed E-state index contributed by atoms with van der Waals surface area (Å²) in [6.45, 7) is 0. The second kappa shape index (κ2) is 5.50. The topological polar surface area (TPSA) is 60.2 Å². The average Bonchev–Trinajstić information content (AvgIpc) is 2.39. The van der Waals surface area contributed by atoms with Gasteiger partial charge in [-0.3, -0.25) is 4.79 Å². The zero-order valence-corrected chi connectivity index (χ0v) is 10.8. The minimum Gasteiger partial charge on any atom is -0.366 e. The van der Waals surface area contributed by atoms with E-state index >= 15 is 0 Å². The van der Waals surface area contributed by atoms with Gasteiger partial charge in [0.15, 0.2) is 0 Å². The van der Waals surface area contributed by atoms with E-state index in [9.17, 15) is 9.36 Å². The van der Waals surface area contributed by atoms with Crippen molar-refractivity contribution in [2.75, 3.05) is 0 Å². The van der Waals surface area contributed by atoms with Crippen LogP contribution in [-0.4, -0.2) is 11.6 Å². The Hall–Kier alpha value is -1.08. The molecule has 0 spiro atoms. The van der Waals surface area contributed by atoms with Crippen molar-refractivity contribution in [2.45, 2.75) is 37.8 Å². The highest BCUT2D eigenvalue weighted by atomic mass is 31.1. The van der Waals surface area contributed by atoms with Crippen molar-refractivity contribution in [1.82, 2.24) is 0 Å². The highest BCUT2D eigenvalue weighted by Gasteiger charge is 2.20. The third kappa shape index (κ3) is 2.98. The van der Waals surface area contributed by atoms with Gasteiger partial charge in [-0.15, -0.1) is 0 Å². The van der Waals surface area contributed by atoms with Gasteiger partial charge >= 0.3 is 0 Å². The van der Waals surface area contributed by atoms with Crippen LogP contribution in [0.4, 0.5) is 0 Å².